The number of amides is 2. The largest absolute Gasteiger partial charge is 0.478 e. The summed E-state index contributed by atoms with van der Waals surface area (Å²) < 4.78 is 8.93. The summed E-state index contributed by atoms with van der Waals surface area (Å²) in [4.78, 5) is 76.6. The van der Waals surface area contributed by atoms with E-state index in [1.807, 2.05) is 159 Å². The van der Waals surface area contributed by atoms with Gasteiger partial charge in [-0.25, -0.2) is 38.2 Å². The maximum atomic E-state index is 11.7. The molecule has 0 unspecified atom stereocenters. The normalized spacial score (nSPS) is 11.6. The van der Waals surface area contributed by atoms with Crippen LogP contribution in [0.15, 0.2) is 267 Å². The van der Waals surface area contributed by atoms with Crippen LogP contribution in [0.3, 0.4) is 0 Å². The Balaban J connectivity index is 0.000000130. The molecule has 127 heavy (non-hydrogen) atoms. The predicted molar refractivity (Wildman–Crippen MR) is 490 cm³/mol. The summed E-state index contributed by atoms with van der Waals surface area (Å²) in [5.74, 6) is -0.0252. The van der Waals surface area contributed by atoms with E-state index in [0.717, 1.165) is 165 Å². The lowest BCUT2D eigenvalue weighted by molar-refractivity contribution is -0.191. The number of benzene rings is 7. The van der Waals surface area contributed by atoms with Crippen LogP contribution in [0.2, 0.25) is 0 Å². The minimum absolute atomic E-state index is 0. The molecule has 0 spiro atoms. The third-order valence-electron chi connectivity index (χ3n) is 21.7. The van der Waals surface area contributed by atoms with Crippen molar-refractivity contribution in [3.63, 3.8) is 0 Å². The van der Waals surface area contributed by atoms with Crippen LogP contribution in [0.4, 0.5) is 5.82 Å². The number of nitrogens with zero attached hydrogens (tertiary/aromatic N) is 20. The molecule has 0 atom stereocenters. The number of rotatable bonds is 13. The smallest absolute Gasteiger partial charge is 0.373 e. The van der Waals surface area contributed by atoms with Crippen LogP contribution in [0.25, 0.3) is 117 Å². The summed E-state index contributed by atoms with van der Waals surface area (Å²) in [6, 6.07) is 66.8. The zero-order valence-corrected chi connectivity index (χ0v) is 70.6. The highest BCUT2D eigenvalue weighted by Crippen LogP contribution is 2.39. The quantitative estimate of drug-likeness (QED) is 0.0903. The number of nitrogens with one attached hydrogen (secondary N) is 1. The molecule has 2 aliphatic rings. The third-order valence-corrected chi connectivity index (χ3v) is 21.7. The number of carbonyl (C=O) groups excluding carboxylic acids is 4. The van der Waals surface area contributed by atoms with Gasteiger partial charge in [-0.1, -0.05) is 160 Å². The summed E-state index contributed by atoms with van der Waals surface area (Å²) in [6.45, 7) is 21.1. The lowest BCUT2D eigenvalue weighted by atomic mass is 9.98. The van der Waals surface area contributed by atoms with Gasteiger partial charge in [0.1, 0.15) is 22.8 Å². The first-order valence-electron chi connectivity index (χ1n) is 40.2. The minimum Gasteiger partial charge on any atom is -0.478 e. The van der Waals surface area contributed by atoms with Gasteiger partial charge >= 0.3 is 12.1 Å². The van der Waals surface area contributed by atoms with Crippen molar-refractivity contribution in [3.05, 3.63) is 347 Å². The average molecular weight is 1680 g/mol. The van der Waals surface area contributed by atoms with Crippen LogP contribution in [-0.2, 0) is 27.2 Å². The molecule has 28 heteroatoms. The Labute approximate surface area is 731 Å². The number of anilines is 1. The summed E-state index contributed by atoms with van der Waals surface area (Å²) >= 11 is 0. The third kappa shape index (κ3) is 18.3. The van der Waals surface area contributed by atoms with Crippen LogP contribution >= 0.6 is 0 Å². The first-order valence-corrected chi connectivity index (χ1v) is 40.2. The molecule has 0 saturated heterocycles. The van der Waals surface area contributed by atoms with E-state index in [4.69, 9.17) is 30.5 Å². The number of aryl methyl sites for hydroxylation is 7. The number of aromatic carboxylic acids is 1. The van der Waals surface area contributed by atoms with Crippen molar-refractivity contribution in [1.29, 1.82) is 0 Å². The van der Waals surface area contributed by atoms with Crippen molar-refractivity contribution in [2.45, 2.75) is 89.0 Å². The molecular weight excluding hydrogens is 1590 g/mol. The molecule has 0 bridgehead atoms. The van der Waals surface area contributed by atoms with E-state index < -0.39 is 11.9 Å². The fourth-order valence-electron chi connectivity index (χ4n) is 15.9. The highest BCUT2D eigenvalue weighted by molar-refractivity contribution is 6.05. The van der Waals surface area contributed by atoms with E-state index in [9.17, 15) is 19.5 Å². The molecule has 28 nitrogen and oxygen atoms in total. The van der Waals surface area contributed by atoms with Crippen LogP contribution in [-0.4, -0.2) is 136 Å². The Bertz CT molecular complexity index is 7280. The number of carboxylic acids is 1. The van der Waals surface area contributed by atoms with Gasteiger partial charge in [0.25, 0.3) is 5.95 Å². The predicted octanol–water partition coefficient (Wildman–Crippen LogP) is 17.7. The molecule has 4 N–H and O–H groups in total. The summed E-state index contributed by atoms with van der Waals surface area (Å²) in [7, 11) is 1.85. The summed E-state index contributed by atoms with van der Waals surface area (Å²) in [5.41, 5.74) is 33.8. The monoisotopic (exact) mass is 1680 g/mol. The zero-order chi connectivity index (χ0) is 88.4. The van der Waals surface area contributed by atoms with Crippen molar-refractivity contribution >= 4 is 67.9 Å². The lowest BCUT2D eigenvalue weighted by Crippen LogP contribution is -2.12. The molecule has 18 aromatic rings. The van der Waals surface area contributed by atoms with Gasteiger partial charge < -0.3 is 16.2 Å². The van der Waals surface area contributed by atoms with Crippen LogP contribution < -0.4 is 11.1 Å². The molecule has 2 amide bonds. The SMILES string of the molecule is C.C=CC(=O)Nc1cc(-n2cc(-c3ccc4c(c3)CCC4=NC)c(-c3ccncc3)n2)ccn1.Cc1cc(C)n(-c2nncc3ccccc23)n1.Cc1ccccc1-c1c(C)nn(-c2cncc(C(N)=O)c2)c1C.Cc1nn(-c2ccnc3ccccc23)c(C)c1C(=O)O.Cc1nn(-c2nnc3c(n2)Cc2ccccc2-3)c(C)c1-c1ccc2ccccc2c1.O=C=O. The number of para-hydroxylation sites is 1. The van der Waals surface area contributed by atoms with E-state index in [2.05, 4.69) is 177 Å². The Morgan fingerprint density at radius 2 is 1.21 bits per heavy atom. The number of hydrogen-bond donors (Lipinski definition) is 3. The Kier molecular flexibility index (Phi) is 26.0. The number of aliphatic imine (C=N–C) groups is 1. The molecule has 0 saturated carbocycles. The van der Waals surface area contributed by atoms with E-state index in [1.54, 1.807) is 72.5 Å². The van der Waals surface area contributed by atoms with Gasteiger partial charge in [0.05, 0.1) is 80.4 Å². The number of carbonyl (C=O) groups is 3. The second-order valence-corrected chi connectivity index (χ2v) is 29.8. The van der Waals surface area contributed by atoms with Gasteiger partial charge in [-0.05, 0) is 179 Å². The Morgan fingerprint density at radius 1 is 0.535 bits per heavy atom. The van der Waals surface area contributed by atoms with Gasteiger partial charge in [-0.2, -0.15) is 40.2 Å². The van der Waals surface area contributed by atoms with Gasteiger partial charge in [0, 0.05) is 118 Å². The van der Waals surface area contributed by atoms with Crippen LogP contribution in [0.5, 0.6) is 0 Å². The van der Waals surface area contributed by atoms with Crippen molar-refractivity contribution in [2.24, 2.45) is 10.7 Å². The van der Waals surface area contributed by atoms with Crippen molar-refractivity contribution in [1.82, 2.24) is 94.2 Å². The highest BCUT2D eigenvalue weighted by Gasteiger charge is 2.27. The maximum Gasteiger partial charge on any atom is 0.373 e. The molecule has 0 aliphatic heterocycles. The molecule has 7 aromatic carbocycles. The van der Waals surface area contributed by atoms with E-state index in [-0.39, 0.29) is 25.0 Å². The number of pyridine rings is 4. The van der Waals surface area contributed by atoms with Crippen molar-refractivity contribution < 1.29 is 29.1 Å². The Morgan fingerprint density at radius 3 is 1.94 bits per heavy atom. The van der Waals surface area contributed by atoms with Crippen molar-refractivity contribution in [3.8, 4) is 84.7 Å². The van der Waals surface area contributed by atoms with Crippen LogP contribution in [0.1, 0.15) is 108 Å². The molecule has 2 aliphatic carbocycles. The fourth-order valence-corrected chi connectivity index (χ4v) is 15.9. The second kappa shape index (κ2) is 38.1. The van der Waals surface area contributed by atoms with Crippen molar-refractivity contribution in [2.75, 3.05) is 12.4 Å². The number of primary amides is 1. The van der Waals surface area contributed by atoms with Gasteiger partial charge in [0.15, 0.2) is 5.82 Å². The number of hydrogen-bond acceptors (Lipinski definition) is 20. The van der Waals surface area contributed by atoms with Crippen LogP contribution in [0, 0.1) is 62.3 Å². The topological polar surface area (TPSA) is 361 Å². The molecule has 20 rings (SSSR count). The summed E-state index contributed by atoms with van der Waals surface area (Å²) in [5, 5.41) is 57.7. The first-order chi connectivity index (χ1) is 61.1. The van der Waals surface area contributed by atoms with Gasteiger partial charge in [-0.3, -0.25) is 29.5 Å². The molecule has 0 fully saturated rings. The Hall–Kier alpha value is -16.7. The number of fused-ring (bicyclic) bond motifs is 7. The molecule has 11 heterocycles. The molecule has 630 valence electrons. The molecule has 11 aromatic heterocycles. The van der Waals surface area contributed by atoms with Gasteiger partial charge in [-0.15, -0.1) is 15.3 Å². The standard InChI is InChI=1S/C26H22N6O.C25H19N5.C18H18N4O.C15H13N3O2.C13H12N4.CO2.CH4/c1-3-25(33)30-24-15-20(10-13-29-24)32-16-22(26(31-32)17-8-11-28-12-9-17)19-4-6-21-18(14-19)5-7-23(21)27-2;1-15-23(20-12-11-17-7-3-4-8-18(17)13-20)16(2)30(29-15)25-26-22-14-19-9-5-6-10-21(19)24(22)27-28-25;1-11-6-4-5-7-16(11)17-12(2)21-22(13(17)3)15-8-14(18(19)23)9-20-10-15;1-9-14(15(19)20)10(2)18(17-9)13-7-8-16-12-6-4-3-5-11(12)13;1-9-7-10(2)17(16-9)13-12-6-4-3-5-11(12)8-14-15-13;2-1-3;/h3-4,6,8-16H,1,5,7H2,2H3,(H,29,30,33);3-13H,14H2,1-2H3;4-10H,1-3H3,(H2,19,23);3-8H,1-2H3,(H,19,20);3-8H,1-2H3;;1H4. The van der Waals surface area contributed by atoms with Gasteiger partial charge in [0.2, 0.25) is 11.8 Å². The lowest BCUT2D eigenvalue weighted by Gasteiger charge is -2.08. The number of aromatic nitrogens is 19. The average Bonchev–Trinajstić information content (AvgIpc) is 1.62. The maximum absolute atomic E-state index is 11.7. The minimum atomic E-state index is -0.954. The zero-order valence-electron chi connectivity index (χ0n) is 70.6. The first kappa shape index (κ1) is 86.6. The second-order valence-electron chi connectivity index (χ2n) is 29.8. The van der Waals surface area contributed by atoms with E-state index in [1.165, 1.54) is 45.3 Å². The number of carboxylic acid groups (broad SMARTS) is 1. The number of nitrogens with two attached hydrogens (primary N) is 1. The highest BCUT2D eigenvalue weighted by atomic mass is 16.4. The van der Waals surface area contributed by atoms with E-state index in [0.29, 0.717) is 28.7 Å². The molecular formula is C99H88N22O6. The van der Waals surface area contributed by atoms with E-state index >= 15 is 0 Å². The molecule has 0 radical (unpaired) electrons. The summed E-state index contributed by atoms with van der Waals surface area (Å²) in [6.07, 6.45) is 18.0. The fraction of sp³-hybridized carbons (Fsp3) is 0.141.